The molecule has 1 aliphatic rings. The third kappa shape index (κ3) is 5.42. The van der Waals surface area contributed by atoms with Crippen molar-refractivity contribution < 1.29 is 17.9 Å². The van der Waals surface area contributed by atoms with E-state index in [4.69, 9.17) is 25.3 Å². The molecular weight excluding hydrogens is 494 g/mol. The zero-order valence-corrected chi connectivity index (χ0v) is 20.6. The van der Waals surface area contributed by atoms with Crippen molar-refractivity contribution in [3.63, 3.8) is 0 Å². The van der Waals surface area contributed by atoms with Crippen LogP contribution in [0.4, 0.5) is 0 Å². The molecule has 1 fully saturated rings. The van der Waals surface area contributed by atoms with Crippen LogP contribution in [0.3, 0.4) is 0 Å². The van der Waals surface area contributed by atoms with Crippen LogP contribution in [-0.2, 0) is 29.1 Å². The minimum Gasteiger partial charge on any atom is -0.419 e. The number of ether oxygens (including phenoxy) is 1. The number of aromatic nitrogens is 5. The van der Waals surface area contributed by atoms with Gasteiger partial charge in [0.2, 0.25) is 23.0 Å². The van der Waals surface area contributed by atoms with Gasteiger partial charge < -0.3 is 9.15 Å². The molecule has 1 saturated heterocycles. The van der Waals surface area contributed by atoms with Gasteiger partial charge in [-0.3, -0.25) is 14.6 Å². The van der Waals surface area contributed by atoms with Crippen LogP contribution in [-0.4, -0.2) is 64.3 Å². The van der Waals surface area contributed by atoms with Gasteiger partial charge in [0, 0.05) is 42.3 Å². The van der Waals surface area contributed by atoms with Gasteiger partial charge in [0.05, 0.1) is 36.0 Å². The standard InChI is InChI=1S/C22H24ClN7O4S/c1-12-9-30(10-13(2)33-12)11-20-28-29-22(34-20)17-4-14(5-19-18(17)8-25-27-19)15-3-16(7-26-35(31)32)21(23)24-6-15/h3-6,8,12-13,26H,7,9-11H2,1-2H3,(H,25,27)(H,31,32)/t12-,13+. The molecule has 1 unspecified atom stereocenters. The van der Waals surface area contributed by atoms with E-state index in [0.717, 1.165) is 40.7 Å². The molecule has 13 heteroatoms. The predicted octanol–water partition coefficient (Wildman–Crippen LogP) is 3.16. The first-order valence-electron chi connectivity index (χ1n) is 11.0. The van der Waals surface area contributed by atoms with Gasteiger partial charge in [-0.05, 0) is 37.6 Å². The van der Waals surface area contributed by atoms with E-state index in [1.165, 1.54) is 0 Å². The Balaban J connectivity index is 1.46. The van der Waals surface area contributed by atoms with Gasteiger partial charge >= 0.3 is 0 Å². The monoisotopic (exact) mass is 517 g/mol. The fourth-order valence-electron chi connectivity index (χ4n) is 4.34. The van der Waals surface area contributed by atoms with Gasteiger partial charge in [0.15, 0.2) is 0 Å². The Morgan fingerprint density at radius 3 is 2.77 bits per heavy atom. The number of halogens is 1. The molecule has 0 bridgehead atoms. The lowest BCUT2D eigenvalue weighted by molar-refractivity contribution is -0.0721. The van der Waals surface area contributed by atoms with Crippen molar-refractivity contribution in [3.8, 4) is 22.6 Å². The third-order valence-electron chi connectivity index (χ3n) is 5.74. The number of nitrogens with one attached hydrogen (secondary N) is 2. The summed E-state index contributed by atoms with van der Waals surface area (Å²) in [5, 5.41) is 16.9. The quantitative estimate of drug-likeness (QED) is 0.249. The summed E-state index contributed by atoms with van der Waals surface area (Å²) >= 11 is 4.02. The summed E-state index contributed by atoms with van der Waals surface area (Å²) in [4.78, 5) is 6.48. The SMILES string of the molecule is C[C@@H]1CN(Cc2nnc(-c3cc(-c4cnc(Cl)c(CNS(=O)O)c4)cc4[nH]ncc34)o2)C[C@H](C)O1. The summed E-state index contributed by atoms with van der Waals surface area (Å²) < 4.78 is 34.3. The molecule has 3 aromatic heterocycles. The maximum atomic E-state index is 11.0. The number of morpholine rings is 1. The second kappa shape index (κ2) is 10.1. The van der Waals surface area contributed by atoms with E-state index in [-0.39, 0.29) is 23.9 Å². The van der Waals surface area contributed by atoms with Gasteiger partial charge in [0.1, 0.15) is 5.15 Å². The van der Waals surface area contributed by atoms with Crippen molar-refractivity contribution in [2.24, 2.45) is 0 Å². The number of H-pyrrole nitrogens is 1. The molecule has 1 aliphatic heterocycles. The van der Waals surface area contributed by atoms with Crippen molar-refractivity contribution >= 4 is 33.8 Å². The second-order valence-corrected chi connectivity index (χ2v) is 9.70. The fourth-order valence-corrected chi connectivity index (χ4v) is 4.79. The Kier molecular flexibility index (Phi) is 6.91. The van der Waals surface area contributed by atoms with E-state index in [0.29, 0.717) is 23.9 Å². The molecular formula is C22H24ClN7O4S. The van der Waals surface area contributed by atoms with Gasteiger partial charge in [-0.25, -0.2) is 13.9 Å². The lowest BCUT2D eigenvalue weighted by atomic mass is 10.0. The molecule has 0 radical (unpaired) electrons. The molecule has 0 saturated carbocycles. The Bertz CT molecular complexity index is 1370. The first-order chi connectivity index (χ1) is 16.9. The first-order valence-corrected chi connectivity index (χ1v) is 12.5. The molecule has 11 nitrogen and oxygen atoms in total. The van der Waals surface area contributed by atoms with E-state index < -0.39 is 11.3 Å². The van der Waals surface area contributed by atoms with Crippen molar-refractivity contribution in [2.45, 2.75) is 39.1 Å². The van der Waals surface area contributed by atoms with E-state index in [1.807, 2.05) is 18.2 Å². The molecule has 35 heavy (non-hydrogen) atoms. The van der Waals surface area contributed by atoms with E-state index in [9.17, 15) is 4.21 Å². The Labute approximate surface area is 208 Å². The van der Waals surface area contributed by atoms with E-state index in [2.05, 4.69) is 48.8 Å². The minimum absolute atomic E-state index is 0.0910. The lowest BCUT2D eigenvalue weighted by Gasteiger charge is -2.34. The molecule has 0 spiro atoms. The van der Waals surface area contributed by atoms with Crippen LogP contribution in [0.25, 0.3) is 33.5 Å². The maximum absolute atomic E-state index is 11.0. The number of hydrogen-bond donors (Lipinski definition) is 3. The third-order valence-corrected chi connectivity index (χ3v) is 6.47. The number of pyridine rings is 1. The fraction of sp³-hybridized carbons (Fsp3) is 0.364. The number of fused-ring (bicyclic) bond motifs is 1. The predicted molar refractivity (Wildman–Crippen MR) is 131 cm³/mol. The smallest absolute Gasteiger partial charge is 0.248 e. The second-order valence-electron chi connectivity index (χ2n) is 8.55. The normalized spacial score (nSPS) is 19.9. The number of hydrogen-bond acceptors (Lipinski definition) is 8. The summed E-state index contributed by atoms with van der Waals surface area (Å²) in [5.41, 5.74) is 3.71. The first kappa shape index (κ1) is 24.0. The van der Waals surface area contributed by atoms with Crippen LogP contribution in [0, 0.1) is 0 Å². The van der Waals surface area contributed by atoms with Crippen molar-refractivity contribution in [2.75, 3.05) is 13.1 Å². The highest BCUT2D eigenvalue weighted by molar-refractivity contribution is 7.77. The molecule has 0 aliphatic carbocycles. The summed E-state index contributed by atoms with van der Waals surface area (Å²) in [7, 11) is 0. The van der Waals surface area contributed by atoms with Crippen LogP contribution in [0.2, 0.25) is 5.15 Å². The highest BCUT2D eigenvalue weighted by atomic mass is 35.5. The zero-order valence-electron chi connectivity index (χ0n) is 19.1. The molecule has 184 valence electrons. The summed E-state index contributed by atoms with van der Waals surface area (Å²) in [6.45, 7) is 6.34. The molecule has 3 N–H and O–H groups in total. The topological polar surface area (TPSA) is 142 Å². The largest absolute Gasteiger partial charge is 0.419 e. The highest BCUT2D eigenvalue weighted by Gasteiger charge is 2.24. The van der Waals surface area contributed by atoms with Crippen LogP contribution in [0.15, 0.2) is 35.0 Å². The molecule has 5 rings (SSSR count). The average molecular weight is 518 g/mol. The van der Waals surface area contributed by atoms with Crippen LogP contribution < -0.4 is 4.72 Å². The van der Waals surface area contributed by atoms with Crippen LogP contribution >= 0.6 is 11.6 Å². The lowest BCUT2D eigenvalue weighted by Crippen LogP contribution is -2.44. The van der Waals surface area contributed by atoms with Gasteiger partial charge in [0.25, 0.3) is 0 Å². The Morgan fingerprint density at radius 1 is 1.20 bits per heavy atom. The van der Waals surface area contributed by atoms with E-state index >= 15 is 0 Å². The van der Waals surface area contributed by atoms with Gasteiger partial charge in [-0.15, -0.1) is 10.2 Å². The number of aromatic amines is 1. The Morgan fingerprint density at radius 2 is 2.00 bits per heavy atom. The van der Waals surface area contributed by atoms with Gasteiger partial charge in [-0.1, -0.05) is 11.6 Å². The molecule has 4 aromatic rings. The number of nitrogens with zero attached hydrogens (tertiary/aromatic N) is 5. The zero-order chi connectivity index (χ0) is 24.5. The van der Waals surface area contributed by atoms with Gasteiger partial charge in [-0.2, -0.15) is 5.10 Å². The Hall–Kier alpha value is -2.74. The maximum Gasteiger partial charge on any atom is 0.248 e. The number of rotatable bonds is 7. The average Bonchev–Trinajstić information content (AvgIpc) is 3.46. The molecule has 4 heterocycles. The van der Waals surface area contributed by atoms with Crippen molar-refractivity contribution in [1.29, 1.82) is 0 Å². The van der Waals surface area contributed by atoms with E-state index in [1.54, 1.807) is 12.4 Å². The van der Waals surface area contributed by atoms with Crippen LogP contribution in [0.1, 0.15) is 25.3 Å². The van der Waals surface area contributed by atoms with Crippen molar-refractivity contribution in [1.82, 2.24) is 35.0 Å². The molecule has 0 amide bonds. The minimum atomic E-state index is -2.16. The highest BCUT2D eigenvalue weighted by Crippen LogP contribution is 2.33. The summed E-state index contributed by atoms with van der Waals surface area (Å²) in [6.07, 6.45) is 3.65. The molecule has 3 atom stereocenters. The number of benzene rings is 1. The van der Waals surface area contributed by atoms with Crippen molar-refractivity contribution in [3.05, 3.63) is 47.2 Å². The van der Waals surface area contributed by atoms with Crippen LogP contribution in [0.5, 0.6) is 0 Å². The summed E-state index contributed by atoms with van der Waals surface area (Å²) in [6, 6.07) is 5.68. The summed E-state index contributed by atoms with van der Waals surface area (Å²) in [5.74, 6) is 0.920. The molecule has 1 aromatic carbocycles.